The van der Waals surface area contributed by atoms with E-state index in [0.29, 0.717) is 9.20 Å². The van der Waals surface area contributed by atoms with Crippen molar-refractivity contribution in [1.82, 2.24) is 14.5 Å². The van der Waals surface area contributed by atoms with Crippen LogP contribution in [0.3, 0.4) is 0 Å². The second-order valence-electron chi connectivity index (χ2n) is 6.75. The summed E-state index contributed by atoms with van der Waals surface area (Å²) in [7, 11) is 0. The number of hydrogen-bond donors (Lipinski definition) is 1. The van der Waals surface area contributed by atoms with E-state index >= 15 is 0 Å². The zero-order valence-electron chi connectivity index (χ0n) is 14.3. The molecule has 1 aromatic carbocycles. The summed E-state index contributed by atoms with van der Waals surface area (Å²) in [5.41, 5.74) is 1.27. The summed E-state index contributed by atoms with van der Waals surface area (Å²) in [6.07, 6.45) is 8.65. The van der Waals surface area contributed by atoms with Gasteiger partial charge in [-0.2, -0.15) is 0 Å². The lowest BCUT2D eigenvalue weighted by atomic mass is 9.91. The summed E-state index contributed by atoms with van der Waals surface area (Å²) >= 11 is 1.29. The number of H-pyrrole nitrogens is 1. The molecular weight excluding hydrogens is 334 g/mol. The maximum atomic E-state index is 12.1. The average Bonchev–Trinajstić information content (AvgIpc) is 3.18. The number of carbonyl (C=O) groups is 1. The molecule has 0 aliphatic rings. The van der Waals surface area contributed by atoms with Crippen LogP contribution in [0.1, 0.15) is 26.3 Å². The molecule has 25 heavy (non-hydrogen) atoms. The zero-order valence-corrected chi connectivity index (χ0v) is 15.1. The predicted molar refractivity (Wildman–Crippen MR) is 100 cm³/mol. The van der Waals surface area contributed by atoms with Gasteiger partial charge in [0.2, 0.25) is 0 Å². The number of carbonyl (C=O) groups excluding carboxylic acids is 1. The fourth-order valence-electron chi connectivity index (χ4n) is 2.17. The molecule has 0 atom stereocenters. The summed E-state index contributed by atoms with van der Waals surface area (Å²) < 4.78 is 3.06. The van der Waals surface area contributed by atoms with Crippen molar-refractivity contribution in [1.29, 1.82) is 0 Å². The number of hydrogen-bond acceptors (Lipinski definition) is 4. The number of benzene rings is 1. The summed E-state index contributed by atoms with van der Waals surface area (Å²) in [5, 5.41) is 0. The van der Waals surface area contributed by atoms with Crippen molar-refractivity contribution in [3.05, 3.63) is 68.1 Å². The van der Waals surface area contributed by atoms with Crippen molar-refractivity contribution in [3.8, 4) is 5.69 Å². The number of ketones is 1. The third-order valence-corrected chi connectivity index (χ3v) is 4.64. The second-order valence-corrected chi connectivity index (χ2v) is 7.83. The molecule has 5 nitrogen and oxygen atoms in total. The topological polar surface area (TPSA) is 67.8 Å². The molecule has 1 N–H and O–H groups in total. The summed E-state index contributed by atoms with van der Waals surface area (Å²) in [6, 6.07) is 7.81. The van der Waals surface area contributed by atoms with Crippen LogP contribution in [0.25, 0.3) is 17.8 Å². The van der Waals surface area contributed by atoms with Gasteiger partial charge in [0.25, 0.3) is 5.56 Å². The Morgan fingerprint density at radius 3 is 2.56 bits per heavy atom. The van der Waals surface area contributed by atoms with E-state index in [9.17, 15) is 9.59 Å². The van der Waals surface area contributed by atoms with Gasteiger partial charge in [-0.3, -0.25) is 9.59 Å². The minimum Gasteiger partial charge on any atom is -0.313 e. The SMILES string of the molecule is CC(C)(C)C(=O)/C=c1\[nH]c(=O)/c(=C/c2ccc(-n3ccnc3)cc2)s1. The van der Waals surface area contributed by atoms with Gasteiger partial charge in [0.1, 0.15) is 0 Å². The molecule has 0 bridgehead atoms. The molecule has 3 rings (SSSR count). The third-order valence-electron chi connectivity index (χ3n) is 3.68. The van der Waals surface area contributed by atoms with E-state index in [1.165, 1.54) is 17.4 Å². The molecule has 0 amide bonds. The minimum absolute atomic E-state index is 0.0127. The second kappa shape index (κ2) is 6.64. The summed E-state index contributed by atoms with van der Waals surface area (Å²) in [5.74, 6) is -0.0127. The number of nitrogens with one attached hydrogen (secondary N) is 1. The number of Topliss-reactive ketones (excluding diaryl/α,β-unsaturated/α-hetero) is 1. The van der Waals surface area contributed by atoms with Crippen LogP contribution in [-0.2, 0) is 4.79 Å². The first-order valence-electron chi connectivity index (χ1n) is 7.88. The Morgan fingerprint density at radius 1 is 1.24 bits per heavy atom. The lowest BCUT2D eigenvalue weighted by Crippen LogP contribution is -2.22. The Bertz CT molecular complexity index is 1050. The zero-order chi connectivity index (χ0) is 18.0. The van der Waals surface area contributed by atoms with Crippen molar-refractivity contribution in [3.63, 3.8) is 0 Å². The fourth-order valence-corrected chi connectivity index (χ4v) is 3.05. The Hall–Kier alpha value is -2.73. The van der Waals surface area contributed by atoms with E-state index < -0.39 is 5.41 Å². The molecule has 0 spiro atoms. The van der Waals surface area contributed by atoms with Crippen molar-refractivity contribution >= 4 is 29.3 Å². The molecule has 0 unspecified atom stereocenters. The van der Waals surface area contributed by atoms with Crippen molar-refractivity contribution in [2.45, 2.75) is 20.8 Å². The molecule has 3 aromatic rings. The predicted octanol–water partition coefficient (Wildman–Crippen LogP) is 1.85. The van der Waals surface area contributed by atoms with E-state index in [4.69, 9.17) is 0 Å². The van der Waals surface area contributed by atoms with Gasteiger partial charge < -0.3 is 9.55 Å². The van der Waals surface area contributed by atoms with E-state index in [1.54, 1.807) is 12.5 Å². The molecular formula is C19H19N3O2S. The van der Waals surface area contributed by atoms with Gasteiger partial charge in [-0.1, -0.05) is 32.9 Å². The molecule has 2 heterocycles. The maximum absolute atomic E-state index is 12.1. The third kappa shape index (κ3) is 4.03. The minimum atomic E-state index is -0.464. The highest BCUT2D eigenvalue weighted by atomic mass is 32.1. The quantitative estimate of drug-likeness (QED) is 0.781. The molecule has 0 aliphatic heterocycles. The van der Waals surface area contributed by atoms with Crippen molar-refractivity contribution < 1.29 is 4.79 Å². The molecule has 128 valence electrons. The normalized spacial score (nSPS) is 13.4. The Balaban J connectivity index is 1.93. The first-order valence-corrected chi connectivity index (χ1v) is 8.70. The van der Waals surface area contributed by atoms with Crippen LogP contribution in [0.4, 0.5) is 0 Å². The van der Waals surface area contributed by atoms with Gasteiger partial charge in [0.05, 0.1) is 15.5 Å². The number of aromatic nitrogens is 3. The average molecular weight is 353 g/mol. The summed E-state index contributed by atoms with van der Waals surface area (Å²) in [6.45, 7) is 5.56. The molecule has 0 aliphatic carbocycles. The van der Waals surface area contributed by atoms with Gasteiger partial charge >= 0.3 is 0 Å². The van der Waals surface area contributed by atoms with Crippen LogP contribution in [0, 0.1) is 5.41 Å². The lowest BCUT2D eigenvalue weighted by Gasteiger charge is -2.12. The smallest absolute Gasteiger partial charge is 0.266 e. The number of nitrogens with zero attached hydrogens (tertiary/aromatic N) is 2. The largest absolute Gasteiger partial charge is 0.313 e. The van der Waals surface area contributed by atoms with Crippen molar-refractivity contribution in [2.75, 3.05) is 0 Å². The van der Waals surface area contributed by atoms with Crippen LogP contribution < -0.4 is 14.8 Å². The van der Waals surface area contributed by atoms with Crippen LogP contribution in [0.5, 0.6) is 0 Å². The van der Waals surface area contributed by atoms with Crippen LogP contribution in [0.2, 0.25) is 0 Å². The first-order chi connectivity index (χ1) is 11.8. The molecule has 0 radical (unpaired) electrons. The lowest BCUT2D eigenvalue weighted by molar-refractivity contribution is -0.119. The van der Waals surface area contributed by atoms with Crippen LogP contribution in [0.15, 0.2) is 47.8 Å². The van der Waals surface area contributed by atoms with Gasteiger partial charge in [0, 0.05) is 29.6 Å². The molecule has 0 saturated heterocycles. The Labute approximate surface area is 149 Å². The van der Waals surface area contributed by atoms with Gasteiger partial charge in [-0.05, 0) is 23.8 Å². The van der Waals surface area contributed by atoms with Gasteiger partial charge in [-0.15, -0.1) is 11.3 Å². The molecule has 0 fully saturated rings. The van der Waals surface area contributed by atoms with Gasteiger partial charge in [0.15, 0.2) is 5.78 Å². The molecule has 6 heteroatoms. The summed E-state index contributed by atoms with van der Waals surface area (Å²) in [4.78, 5) is 31.0. The number of rotatable bonds is 3. The van der Waals surface area contributed by atoms with Crippen molar-refractivity contribution in [2.24, 2.45) is 5.41 Å². The monoisotopic (exact) mass is 353 g/mol. The number of aromatic amines is 1. The van der Waals surface area contributed by atoms with E-state index in [-0.39, 0.29) is 11.3 Å². The van der Waals surface area contributed by atoms with Crippen LogP contribution in [-0.4, -0.2) is 20.3 Å². The van der Waals surface area contributed by atoms with E-state index in [2.05, 4.69) is 9.97 Å². The Morgan fingerprint density at radius 2 is 1.96 bits per heavy atom. The van der Waals surface area contributed by atoms with Gasteiger partial charge in [-0.25, -0.2) is 4.98 Å². The molecule has 2 aromatic heterocycles. The molecule has 0 saturated carbocycles. The highest BCUT2D eigenvalue weighted by Crippen LogP contribution is 2.14. The Kier molecular flexibility index (Phi) is 4.55. The van der Waals surface area contributed by atoms with E-state index in [0.717, 1.165) is 11.3 Å². The van der Waals surface area contributed by atoms with Crippen LogP contribution >= 0.6 is 11.3 Å². The standard InChI is InChI=1S/C19H19N3O2S/c1-19(2,3)16(23)11-17-21-18(24)15(25-17)10-13-4-6-14(7-5-13)22-9-8-20-12-22/h4-12H,1-3H3,(H,21,24)/b15-10-,17-11+. The number of imidazole rings is 1. The highest BCUT2D eigenvalue weighted by Gasteiger charge is 2.18. The maximum Gasteiger partial charge on any atom is 0.266 e. The van der Waals surface area contributed by atoms with E-state index in [1.807, 2.05) is 61.9 Å². The number of thiazole rings is 1. The highest BCUT2D eigenvalue weighted by molar-refractivity contribution is 7.07. The first kappa shape index (κ1) is 17.1. The fraction of sp³-hybridized carbons (Fsp3) is 0.211.